The van der Waals surface area contributed by atoms with Gasteiger partial charge in [-0.15, -0.1) is 0 Å². The van der Waals surface area contributed by atoms with Crippen LogP contribution in [-0.4, -0.2) is 27.5 Å². The van der Waals surface area contributed by atoms with Crippen molar-refractivity contribution in [3.05, 3.63) is 65.8 Å². The minimum Gasteiger partial charge on any atom is -0.484 e. The number of aliphatic hydroxyl groups is 1. The first-order chi connectivity index (χ1) is 11.7. The van der Waals surface area contributed by atoms with Crippen LogP contribution in [0.25, 0.3) is 11.5 Å². The van der Waals surface area contributed by atoms with Gasteiger partial charge in [0.05, 0.1) is 18.5 Å². The summed E-state index contributed by atoms with van der Waals surface area (Å²) in [4.78, 5) is 20.6. The molecule has 0 fully saturated rings. The van der Waals surface area contributed by atoms with E-state index in [1.165, 1.54) is 6.20 Å². The maximum absolute atomic E-state index is 12.3. The molecule has 3 rings (SSSR count). The zero-order valence-corrected chi connectivity index (χ0v) is 13.1. The van der Waals surface area contributed by atoms with Gasteiger partial charge in [-0.25, -0.2) is 4.98 Å². The van der Waals surface area contributed by atoms with E-state index in [9.17, 15) is 4.79 Å². The standard InChI is InChI=1S/C18H16N2O4/c1-12-17(20-18(24-12)13-5-3-2-4-6-13)16(22)11-23-15-8-7-14(10-21)19-9-15/h2-9,21H,10-11H2,1H3. The van der Waals surface area contributed by atoms with Gasteiger partial charge in [0.25, 0.3) is 0 Å². The van der Waals surface area contributed by atoms with Crippen molar-refractivity contribution >= 4 is 5.78 Å². The van der Waals surface area contributed by atoms with E-state index in [1.54, 1.807) is 19.1 Å². The fraction of sp³-hybridized carbons (Fsp3) is 0.167. The van der Waals surface area contributed by atoms with Gasteiger partial charge >= 0.3 is 0 Å². The van der Waals surface area contributed by atoms with Gasteiger partial charge in [0.15, 0.2) is 12.3 Å². The zero-order chi connectivity index (χ0) is 16.9. The summed E-state index contributed by atoms with van der Waals surface area (Å²) < 4.78 is 11.0. The number of hydrogen-bond acceptors (Lipinski definition) is 6. The van der Waals surface area contributed by atoms with Crippen LogP contribution in [0.3, 0.4) is 0 Å². The van der Waals surface area contributed by atoms with Gasteiger partial charge in [-0.3, -0.25) is 9.78 Å². The van der Waals surface area contributed by atoms with Crippen molar-refractivity contribution in [2.24, 2.45) is 0 Å². The second kappa shape index (κ2) is 7.06. The zero-order valence-electron chi connectivity index (χ0n) is 13.1. The molecule has 0 aliphatic carbocycles. The average Bonchev–Trinajstić information content (AvgIpc) is 3.03. The van der Waals surface area contributed by atoms with Crippen LogP contribution in [0.5, 0.6) is 5.75 Å². The lowest BCUT2D eigenvalue weighted by molar-refractivity contribution is 0.0915. The van der Waals surface area contributed by atoms with Gasteiger partial charge in [0.2, 0.25) is 11.7 Å². The van der Waals surface area contributed by atoms with Crippen LogP contribution in [-0.2, 0) is 6.61 Å². The molecule has 6 heteroatoms. The van der Waals surface area contributed by atoms with E-state index in [-0.39, 0.29) is 24.7 Å². The van der Waals surface area contributed by atoms with Gasteiger partial charge < -0.3 is 14.3 Å². The highest BCUT2D eigenvalue weighted by atomic mass is 16.5. The number of pyridine rings is 1. The van der Waals surface area contributed by atoms with E-state index in [1.807, 2.05) is 30.3 Å². The Morgan fingerprint density at radius 3 is 2.67 bits per heavy atom. The van der Waals surface area contributed by atoms with Crippen molar-refractivity contribution in [1.82, 2.24) is 9.97 Å². The summed E-state index contributed by atoms with van der Waals surface area (Å²) in [6.07, 6.45) is 1.46. The lowest BCUT2D eigenvalue weighted by Gasteiger charge is -2.04. The number of aromatic nitrogens is 2. The van der Waals surface area contributed by atoms with Crippen molar-refractivity contribution < 1.29 is 19.1 Å². The molecule has 0 bridgehead atoms. The number of rotatable bonds is 6. The van der Waals surface area contributed by atoms with Crippen molar-refractivity contribution in [3.8, 4) is 17.2 Å². The number of benzene rings is 1. The van der Waals surface area contributed by atoms with Gasteiger partial charge in [-0.2, -0.15) is 0 Å². The van der Waals surface area contributed by atoms with Gasteiger partial charge in [0.1, 0.15) is 11.5 Å². The molecule has 0 radical (unpaired) electrons. The lowest BCUT2D eigenvalue weighted by Crippen LogP contribution is -2.13. The Balaban J connectivity index is 1.69. The smallest absolute Gasteiger partial charge is 0.226 e. The second-order valence-electron chi connectivity index (χ2n) is 5.15. The van der Waals surface area contributed by atoms with Crippen LogP contribution < -0.4 is 4.74 Å². The molecule has 0 spiro atoms. The van der Waals surface area contributed by atoms with Gasteiger partial charge in [0, 0.05) is 5.56 Å². The van der Waals surface area contributed by atoms with Crippen LogP contribution >= 0.6 is 0 Å². The first-order valence-electron chi connectivity index (χ1n) is 7.42. The third-order valence-corrected chi connectivity index (χ3v) is 3.41. The number of hydrogen-bond donors (Lipinski definition) is 1. The molecule has 0 aliphatic heterocycles. The molecule has 1 aromatic carbocycles. The monoisotopic (exact) mass is 324 g/mol. The number of Topliss-reactive ketones (excluding diaryl/α,β-unsaturated/α-hetero) is 1. The number of ether oxygens (including phenoxy) is 1. The lowest BCUT2D eigenvalue weighted by atomic mass is 10.2. The highest BCUT2D eigenvalue weighted by Gasteiger charge is 2.18. The number of aryl methyl sites for hydroxylation is 1. The number of carbonyl (C=O) groups excluding carboxylic acids is 1. The summed E-state index contributed by atoms with van der Waals surface area (Å²) in [6.45, 7) is 1.39. The molecule has 0 saturated heterocycles. The first-order valence-corrected chi connectivity index (χ1v) is 7.42. The minimum absolute atomic E-state index is 0.139. The first kappa shape index (κ1) is 15.9. The number of aliphatic hydroxyl groups excluding tert-OH is 1. The molecule has 6 nitrogen and oxygen atoms in total. The highest BCUT2D eigenvalue weighted by Crippen LogP contribution is 2.22. The van der Waals surface area contributed by atoms with Crippen LogP contribution in [0.4, 0.5) is 0 Å². The number of carbonyl (C=O) groups is 1. The summed E-state index contributed by atoms with van der Waals surface area (Å²) in [5, 5.41) is 8.95. The molecule has 122 valence electrons. The van der Waals surface area contributed by atoms with Crippen molar-refractivity contribution in [1.29, 1.82) is 0 Å². The molecule has 3 aromatic rings. The maximum atomic E-state index is 12.3. The SMILES string of the molecule is Cc1oc(-c2ccccc2)nc1C(=O)COc1ccc(CO)nc1. The molecular formula is C18H16N2O4. The minimum atomic E-state index is -0.273. The van der Waals surface area contributed by atoms with E-state index < -0.39 is 0 Å². The number of nitrogens with zero attached hydrogens (tertiary/aromatic N) is 2. The molecule has 2 heterocycles. The molecule has 1 N–H and O–H groups in total. The Labute approximate surface area is 138 Å². The molecule has 0 unspecified atom stereocenters. The fourth-order valence-corrected chi connectivity index (χ4v) is 2.17. The molecular weight excluding hydrogens is 308 g/mol. The Bertz CT molecular complexity index is 826. The van der Waals surface area contributed by atoms with Crippen molar-refractivity contribution in [2.75, 3.05) is 6.61 Å². The van der Waals surface area contributed by atoms with E-state index in [0.717, 1.165) is 5.56 Å². The predicted octanol–water partition coefficient (Wildman–Crippen LogP) is 2.80. The van der Waals surface area contributed by atoms with E-state index in [0.29, 0.717) is 23.1 Å². The summed E-state index contributed by atoms with van der Waals surface area (Å²) in [6, 6.07) is 12.7. The number of oxazole rings is 1. The second-order valence-corrected chi connectivity index (χ2v) is 5.15. The Morgan fingerprint density at radius 2 is 2.00 bits per heavy atom. The summed E-state index contributed by atoms with van der Waals surface area (Å²) in [5.74, 6) is 1.04. The van der Waals surface area contributed by atoms with E-state index >= 15 is 0 Å². The Hall–Kier alpha value is -2.99. The van der Waals surface area contributed by atoms with Gasteiger partial charge in [-0.1, -0.05) is 18.2 Å². The largest absolute Gasteiger partial charge is 0.484 e. The number of ketones is 1. The predicted molar refractivity (Wildman–Crippen MR) is 86.7 cm³/mol. The van der Waals surface area contributed by atoms with Crippen LogP contribution in [0.15, 0.2) is 53.1 Å². The van der Waals surface area contributed by atoms with Crippen molar-refractivity contribution in [3.63, 3.8) is 0 Å². The third kappa shape index (κ3) is 3.49. The van der Waals surface area contributed by atoms with E-state index in [2.05, 4.69) is 9.97 Å². The molecule has 0 amide bonds. The fourth-order valence-electron chi connectivity index (χ4n) is 2.17. The van der Waals surface area contributed by atoms with Crippen LogP contribution in [0, 0.1) is 6.92 Å². The molecule has 24 heavy (non-hydrogen) atoms. The van der Waals surface area contributed by atoms with Crippen LogP contribution in [0.2, 0.25) is 0 Å². The Morgan fingerprint density at radius 1 is 1.21 bits per heavy atom. The van der Waals surface area contributed by atoms with Crippen LogP contribution in [0.1, 0.15) is 21.9 Å². The quantitative estimate of drug-likeness (QED) is 0.702. The maximum Gasteiger partial charge on any atom is 0.226 e. The highest BCUT2D eigenvalue weighted by molar-refractivity contribution is 5.96. The summed E-state index contributed by atoms with van der Waals surface area (Å²) in [7, 11) is 0. The third-order valence-electron chi connectivity index (χ3n) is 3.41. The molecule has 0 saturated carbocycles. The van der Waals surface area contributed by atoms with Gasteiger partial charge in [-0.05, 0) is 31.2 Å². The molecule has 0 aliphatic rings. The summed E-state index contributed by atoms with van der Waals surface area (Å²) >= 11 is 0. The topological polar surface area (TPSA) is 85.5 Å². The Kier molecular flexibility index (Phi) is 4.67. The molecule has 2 aromatic heterocycles. The van der Waals surface area contributed by atoms with E-state index in [4.69, 9.17) is 14.3 Å². The summed E-state index contributed by atoms with van der Waals surface area (Å²) in [5.41, 5.74) is 1.60. The normalized spacial score (nSPS) is 10.6. The van der Waals surface area contributed by atoms with Crippen molar-refractivity contribution in [2.45, 2.75) is 13.5 Å². The average molecular weight is 324 g/mol. The molecule has 0 atom stereocenters.